The van der Waals surface area contributed by atoms with Gasteiger partial charge in [0, 0.05) is 11.1 Å². The molecule has 6 nitrogen and oxygen atoms in total. The molecular formula is C25H31ClN4O2. The average molecular weight is 455 g/mol. The molecule has 2 unspecified atom stereocenters. The SMILES string of the molecule is N#CC(CN(Nc1ccccc1)C(=O)C(O)[C@H](N)CC1CCCCC1)c1ccc(Cl)cc1. The predicted molar refractivity (Wildman–Crippen MR) is 127 cm³/mol. The molecule has 0 saturated heterocycles. The third-order valence-electron chi connectivity index (χ3n) is 6.09. The zero-order valence-electron chi connectivity index (χ0n) is 18.2. The summed E-state index contributed by atoms with van der Waals surface area (Å²) >= 11 is 5.97. The lowest BCUT2D eigenvalue weighted by molar-refractivity contribution is -0.140. The van der Waals surface area contributed by atoms with Gasteiger partial charge in [0.25, 0.3) is 5.91 Å². The molecular weight excluding hydrogens is 424 g/mol. The fraction of sp³-hybridized carbons (Fsp3) is 0.440. The minimum absolute atomic E-state index is 0.0546. The molecule has 2 aromatic carbocycles. The Hall–Kier alpha value is -2.59. The number of benzene rings is 2. The van der Waals surface area contributed by atoms with Crippen molar-refractivity contribution in [2.75, 3.05) is 12.0 Å². The molecule has 1 amide bonds. The molecule has 1 aliphatic carbocycles. The fourth-order valence-corrected chi connectivity index (χ4v) is 4.36. The van der Waals surface area contributed by atoms with E-state index in [1.54, 1.807) is 24.3 Å². The van der Waals surface area contributed by atoms with E-state index in [-0.39, 0.29) is 6.54 Å². The first-order valence-corrected chi connectivity index (χ1v) is 11.6. The van der Waals surface area contributed by atoms with E-state index in [4.69, 9.17) is 17.3 Å². The topological polar surface area (TPSA) is 102 Å². The summed E-state index contributed by atoms with van der Waals surface area (Å²) in [7, 11) is 0. The van der Waals surface area contributed by atoms with Crippen LogP contribution in [0.5, 0.6) is 0 Å². The predicted octanol–water partition coefficient (Wildman–Crippen LogP) is 4.46. The number of aliphatic hydroxyl groups excluding tert-OH is 1. The number of aliphatic hydroxyl groups is 1. The number of para-hydroxylation sites is 1. The quantitative estimate of drug-likeness (QED) is 0.485. The van der Waals surface area contributed by atoms with E-state index in [0.717, 1.165) is 18.4 Å². The molecule has 32 heavy (non-hydrogen) atoms. The van der Waals surface area contributed by atoms with Gasteiger partial charge in [0.2, 0.25) is 0 Å². The van der Waals surface area contributed by atoms with Crippen molar-refractivity contribution in [3.05, 3.63) is 65.2 Å². The molecule has 0 heterocycles. The van der Waals surface area contributed by atoms with Crippen LogP contribution >= 0.6 is 11.6 Å². The number of nitriles is 1. The highest BCUT2D eigenvalue weighted by atomic mass is 35.5. The first-order valence-electron chi connectivity index (χ1n) is 11.2. The van der Waals surface area contributed by atoms with Crippen LogP contribution in [0.3, 0.4) is 0 Å². The number of anilines is 1. The normalized spacial score (nSPS) is 17.1. The molecule has 3 rings (SSSR count). The summed E-state index contributed by atoms with van der Waals surface area (Å²) in [5.74, 6) is -0.696. The summed E-state index contributed by atoms with van der Waals surface area (Å²) in [6.45, 7) is 0.0546. The van der Waals surface area contributed by atoms with Crippen molar-refractivity contribution in [3.63, 3.8) is 0 Å². The summed E-state index contributed by atoms with van der Waals surface area (Å²) in [6, 6.07) is 17.8. The number of nitrogens with two attached hydrogens (primary N) is 1. The highest BCUT2D eigenvalue weighted by molar-refractivity contribution is 6.30. The van der Waals surface area contributed by atoms with Crippen molar-refractivity contribution in [2.24, 2.45) is 11.7 Å². The second-order valence-corrected chi connectivity index (χ2v) is 8.94. The molecule has 0 radical (unpaired) electrons. The number of carbonyl (C=O) groups excluding carboxylic acids is 1. The molecule has 4 N–H and O–H groups in total. The van der Waals surface area contributed by atoms with Crippen molar-refractivity contribution < 1.29 is 9.90 Å². The Bertz CT molecular complexity index is 894. The maximum Gasteiger partial charge on any atom is 0.271 e. The van der Waals surface area contributed by atoms with Crippen LogP contribution < -0.4 is 11.2 Å². The molecule has 0 bridgehead atoms. The van der Waals surface area contributed by atoms with Crippen LogP contribution in [0.25, 0.3) is 0 Å². The molecule has 3 atom stereocenters. The minimum Gasteiger partial charge on any atom is -0.382 e. The Morgan fingerprint density at radius 3 is 2.44 bits per heavy atom. The molecule has 0 aliphatic heterocycles. The van der Waals surface area contributed by atoms with E-state index in [1.807, 2.05) is 30.3 Å². The molecule has 0 spiro atoms. The molecule has 1 aliphatic rings. The number of hydrogen-bond acceptors (Lipinski definition) is 5. The number of hydrogen-bond donors (Lipinski definition) is 3. The first kappa shape index (κ1) is 24.1. The summed E-state index contributed by atoms with van der Waals surface area (Å²) in [4.78, 5) is 13.3. The largest absolute Gasteiger partial charge is 0.382 e. The van der Waals surface area contributed by atoms with Gasteiger partial charge in [-0.2, -0.15) is 5.26 Å². The Labute approximate surface area is 194 Å². The lowest BCUT2D eigenvalue weighted by Crippen LogP contribution is -2.51. The average Bonchev–Trinajstić information content (AvgIpc) is 2.82. The third-order valence-corrected chi connectivity index (χ3v) is 6.34. The minimum atomic E-state index is -1.35. The summed E-state index contributed by atoms with van der Waals surface area (Å²) < 4.78 is 0. The number of rotatable bonds is 9. The van der Waals surface area contributed by atoms with Gasteiger partial charge in [0.05, 0.1) is 24.2 Å². The van der Waals surface area contributed by atoms with Crippen LogP contribution in [-0.4, -0.2) is 34.7 Å². The highest BCUT2D eigenvalue weighted by Crippen LogP contribution is 2.28. The Morgan fingerprint density at radius 1 is 1.16 bits per heavy atom. The zero-order chi connectivity index (χ0) is 22.9. The van der Waals surface area contributed by atoms with Crippen LogP contribution in [0, 0.1) is 17.2 Å². The number of amides is 1. The number of nitrogens with one attached hydrogen (secondary N) is 1. The van der Waals surface area contributed by atoms with Gasteiger partial charge in [-0.1, -0.05) is 74.0 Å². The Morgan fingerprint density at radius 2 is 1.81 bits per heavy atom. The second kappa shape index (κ2) is 11.9. The van der Waals surface area contributed by atoms with Crippen molar-refractivity contribution in [1.29, 1.82) is 5.26 Å². The molecule has 170 valence electrons. The first-order chi connectivity index (χ1) is 15.5. The summed E-state index contributed by atoms with van der Waals surface area (Å²) in [6.07, 6.45) is 5.04. The molecule has 7 heteroatoms. The van der Waals surface area contributed by atoms with Gasteiger partial charge in [-0.05, 0) is 42.2 Å². The van der Waals surface area contributed by atoms with E-state index >= 15 is 0 Å². The van der Waals surface area contributed by atoms with Gasteiger partial charge >= 0.3 is 0 Å². The lowest BCUT2D eigenvalue weighted by atomic mass is 9.84. The third kappa shape index (κ3) is 6.70. The van der Waals surface area contributed by atoms with Crippen molar-refractivity contribution in [3.8, 4) is 6.07 Å². The van der Waals surface area contributed by atoms with Crippen LogP contribution in [0.4, 0.5) is 5.69 Å². The van der Waals surface area contributed by atoms with E-state index in [2.05, 4.69) is 11.5 Å². The smallest absolute Gasteiger partial charge is 0.271 e. The van der Waals surface area contributed by atoms with Crippen LogP contribution in [0.1, 0.15) is 50.0 Å². The van der Waals surface area contributed by atoms with E-state index in [0.29, 0.717) is 23.0 Å². The van der Waals surface area contributed by atoms with Crippen LogP contribution in [-0.2, 0) is 4.79 Å². The molecule has 0 aromatic heterocycles. The van der Waals surface area contributed by atoms with Gasteiger partial charge in [-0.15, -0.1) is 0 Å². The Kier molecular flexibility index (Phi) is 8.92. The lowest BCUT2D eigenvalue weighted by Gasteiger charge is -2.31. The van der Waals surface area contributed by atoms with Gasteiger partial charge in [-0.25, -0.2) is 0 Å². The van der Waals surface area contributed by atoms with E-state index < -0.39 is 24.0 Å². The monoisotopic (exact) mass is 454 g/mol. The number of halogens is 1. The second-order valence-electron chi connectivity index (χ2n) is 8.51. The zero-order valence-corrected chi connectivity index (χ0v) is 18.9. The summed E-state index contributed by atoms with van der Waals surface area (Å²) in [5.41, 5.74) is 10.7. The van der Waals surface area contributed by atoms with Crippen molar-refractivity contribution in [1.82, 2.24) is 5.01 Å². The maximum atomic E-state index is 13.3. The van der Waals surface area contributed by atoms with Gasteiger partial charge < -0.3 is 10.8 Å². The van der Waals surface area contributed by atoms with Crippen LogP contribution in [0.15, 0.2) is 54.6 Å². The Balaban J connectivity index is 1.75. The molecule has 1 fully saturated rings. The van der Waals surface area contributed by atoms with Crippen molar-refractivity contribution >= 4 is 23.2 Å². The van der Waals surface area contributed by atoms with Crippen molar-refractivity contribution in [2.45, 2.75) is 56.6 Å². The number of carbonyl (C=O) groups is 1. The highest BCUT2D eigenvalue weighted by Gasteiger charge is 2.31. The van der Waals surface area contributed by atoms with Crippen LogP contribution in [0.2, 0.25) is 5.02 Å². The fourth-order valence-electron chi connectivity index (χ4n) is 4.24. The van der Waals surface area contributed by atoms with Gasteiger partial charge in [0.1, 0.15) is 6.10 Å². The standard InChI is InChI=1S/C25H31ClN4O2/c26-21-13-11-19(12-14-21)20(16-27)17-30(29-22-9-5-2-6-10-22)25(32)24(31)23(28)15-18-7-3-1-4-8-18/h2,5-6,9-14,18,20,23-24,29,31H,1,3-4,7-8,15,17,28H2/t20?,23-,24?/m1/s1. The number of nitrogens with zero attached hydrogens (tertiary/aromatic N) is 2. The molecule has 1 saturated carbocycles. The number of hydrazine groups is 1. The molecule has 2 aromatic rings. The summed E-state index contributed by atoms with van der Waals surface area (Å²) in [5, 5.41) is 22.5. The van der Waals surface area contributed by atoms with E-state index in [1.165, 1.54) is 24.3 Å². The van der Waals surface area contributed by atoms with Gasteiger partial charge in [-0.3, -0.25) is 15.2 Å². The van der Waals surface area contributed by atoms with Gasteiger partial charge in [0.15, 0.2) is 0 Å². The maximum absolute atomic E-state index is 13.3. The van der Waals surface area contributed by atoms with E-state index in [9.17, 15) is 15.2 Å².